The molecule has 7 heteroatoms. The van der Waals surface area contributed by atoms with Gasteiger partial charge in [-0.15, -0.1) is 0 Å². The summed E-state index contributed by atoms with van der Waals surface area (Å²) in [5.74, 6) is 0.268. The first kappa shape index (κ1) is 15.4. The standard InChI is InChI=1S/C12H18N2O5/c1-13-4-3-11(15)12(16)8-5-9(14(17)18)7-10(6-8)19-2/h5-7,11-13,15-16H,3-4H2,1-2H3. The lowest BCUT2D eigenvalue weighted by Gasteiger charge is -2.18. The van der Waals surface area contributed by atoms with Crippen LogP contribution in [0.25, 0.3) is 0 Å². The van der Waals surface area contributed by atoms with Crippen molar-refractivity contribution >= 4 is 5.69 Å². The molecule has 1 aromatic rings. The molecule has 3 N–H and O–H groups in total. The molecule has 0 amide bonds. The van der Waals surface area contributed by atoms with E-state index in [0.29, 0.717) is 13.0 Å². The molecule has 0 saturated carbocycles. The van der Waals surface area contributed by atoms with Gasteiger partial charge in [0.15, 0.2) is 0 Å². The van der Waals surface area contributed by atoms with Crippen molar-refractivity contribution in [2.75, 3.05) is 20.7 Å². The van der Waals surface area contributed by atoms with E-state index in [1.807, 2.05) is 0 Å². The molecule has 0 heterocycles. The van der Waals surface area contributed by atoms with Gasteiger partial charge in [0.25, 0.3) is 5.69 Å². The third-order valence-corrected chi connectivity index (χ3v) is 2.76. The van der Waals surface area contributed by atoms with Crippen molar-refractivity contribution in [3.63, 3.8) is 0 Å². The van der Waals surface area contributed by atoms with Crippen molar-refractivity contribution in [1.82, 2.24) is 5.32 Å². The van der Waals surface area contributed by atoms with Crippen molar-refractivity contribution in [3.05, 3.63) is 33.9 Å². The first-order chi connectivity index (χ1) is 8.99. The summed E-state index contributed by atoms with van der Waals surface area (Å²) in [7, 11) is 3.11. The zero-order valence-corrected chi connectivity index (χ0v) is 10.9. The lowest BCUT2D eigenvalue weighted by molar-refractivity contribution is -0.385. The lowest BCUT2D eigenvalue weighted by Crippen LogP contribution is -2.23. The lowest BCUT2D eigenvalue weighted by atomic mass is 10.0. The van der Waals surface area contributed by atoms with E-state index in [4.69, 9.17) is 4.74 Å². The number of benzene rings is 1. The number of nitro groups is 1. The van der Waals surface area contributed by atoms with Crippen LogP contribution in [0, 0.1) is 10.1 Å². The zero-order valence-electron chi connectivity index (χ0n) is 10.9. The monoisotopic (exact) mass is 270 g/mol. The van der Waals surface area contributed by atoms with Gasteiger partial charge in [0, 0.05) is 6.07 Å². The number of rotatable bonds is 7. The summed E-state index contributed by atoms with van der Waals surface area (Å²) in [6.07, 6.45) is -1.86. The second-order valence-corrected chi connectivity index (χ2v) is 4.13. The molecule has 106 valence electrons. The number of non-ortho nitro benzene ring substituents is 1. The smallest absolute Gasteiger partial charge is 0.273 e. The number of nitro benzene ring substituents is 1. The normalized spacial score (nSPS) is 13.9. The number of aliphatic hydroxyl groups excluding tert-OH is 2. The predicted molar refractivity (Wildman–Crippen MR) is 69.2 cm³/mol. The maximum atomic E-state index is 10.8. The number of nitrogens with zero attached hydrogens (tertiary/aromatic N) is 1. The van der Waals surface area contributed by atoms with Gasteiger partial charge in [-0.1, -0.05) is 0 Å². The first-order valence-corrected chi connectivity index (χ1v) is 5.83. The number of ether oxygens (including phenoxy) is 1. The maximum absolute atomic E-state index is 10.8. The van der Waals surface area contributed by atoms with E-state index >= 15 is 0 Å². The Morgan fingerprint density at radius 1 is 1.42 bits per heavy atom. The number of nitrogens with one attached hydrogen (secondary N) is 1. The van der Waals surface area contributed by atoms with Gasteiger partial charge >= 0.3 is 0 Å². The highest BCUT2D eigenvalue weighted by Gasteiger charge is 2.21. The molecule has 1 aromatic carbocycles. The minimum absolute atomic E-state index is 0.186. The predicted octanol–water partition coefficient (Wildman–Crippen LogP) is 0.607. The second kappa shape index (κ2) is 7.03. The fraction of sp³-hybridized carbons (Fsp3) is 0.500. The molecule has 0 bridgehead atoms. The Morgan fingerprint density at radius 2 is 2.11 bits per heavy atom. The highest BCUT2D eigenvalue weighted by atomic mass is 16.6. The van der Waals surface area contributed by atoms with Crippen LogP contribution in [0.3, 0.4) is 0 Å². The molecular formula is C12H18N2O5. The van der Waals surface area contributed by atoms with E-state index in [1.165, 1.54) is 25.3 Å². The van der Waals surface area contributed by atoms with Crippen molar-refractivity contribution in [2.24, 2.45) is 0 Å². The molecule has 0 aliphatic heterocycles. The van der Waals surface area contributed by atoms with Crippen LogP contribution in [-0.4, -0.2) is 41.9 Å². The van der Waals surface area contributed by atoms with Crippen LogP contribution in [0.4, 0.5) is 5.69 Å². The second-order valence-electron chi connectivity index (χ2n) is 4.13. The summed E-state index contributed by atoms with van der Waals surface area (Å²) in [6.45, 7) is 0.532. The van der Waals surface area contributed by atoms with Gasteiger partial charge in [-0.05, 0) is 31.6 Å². The van der Waals surface area contributed by atoms with E-state index in [2.05, 4.69) is 5.32 Å². The average molecular weight is 270 g/mol. The molecule has 0 aromatic heterocycles. The number of aliphatic hydroxyl groups is 2. The van der Waals surface area contributed by atoms with E-state index in [9.17, 15) is 20.3 Å². The maximum Gasteiger partial charge on any atom is 0.273 e. The van der Waals surface area contributed by atoms with Crippen molar-refractivity contribution < 1.29 is 19.9 Å². The number of hydrogen-bond acceptors (Lipinski definition) is 6. The van der Waals surface area contributed by atoms with Crippen LogP contribution in [0.5, 0.6) is 5.75 Å². The molecular weight excluding hydrogens is 252 g/mol. The Labute approximate surface area is 111 Å². The van der Waals surface area contributed by atoms with Gasteiger partial charge in [-0.3, -0.25) is 10.1 Å². The Hall–Kier alpha value is -1.70. The topological polar surface area (TPSA) is 105 Å². The first-order valence-electron chi connectivity index (χ1n) is 5.83. The van der Waals surface area contributed by atoms with Crippen LogP contribution < -0.4 is 10.1 Å². The highest BCUT2D eigenvalue weighted by Crippen LogP contribution is 2.28. The molecule has 1 rings (SSSR count). The Morgan fingerprint density at radius 3 is 2.63 bits per heavy atom. The molecule has 0 fully saturated rings. The molecule has 2 atom stereocenters. The SMILES string of the molecule is CNCCC(O)C(O)c1cc(OC)cc([N+](=O)[O-])c1. The Balaban J connectivity index is 2.97. The third-order valence-electron chi connectivity index (χ3n) is 2.76. The van der Waals surface area contributed by atoms with Crippen LogP contribution in [0.1, 0.15) is 18.1 Å². The average Bonchev–Trinajstić information content (AvgIpc) is 2.43. The van der Waals surface area contributed by atoms with E-state index < -0.39 is 17.1 Å². The number of methoxy groups -OCH3 is 1. The molecule has 0 aliphatic carbocycles. The van der Waals surface area contributed by atoms with Gasteiger partial charge in [0.1, 0.15) is 11.9 Å². The van der Waals surface area contributed by atoms with Gasteiger partial charge in [0.05, 0.1) is 24.2 Å². The quantitative estimate of drug-likeness (QED) is 0.495. The van der Waals surface area contributed by atoms with Crippen LogP contribution in [0.2, 0.25) is 0 Å². The minimum Gasteiger partial charge on any atom is -0.496 e. The molecule has 7 nitrogen and oxygen atoms in total. The highest BCUT2D eigenvalue weighted by molar-refractivity contribution is 5.43. The fourth-order valence-electron chi connectivity index (χ4n) is 1.67. The van der Waals surface area contributed by atoms with E-state index in [0.717, 1.165) is 0 Å². The van der Waals surface area contributed by atoms with Gasteiger partial charge in [0.2, 0.25) is 0 Å². The fourth-order valence-corrected chi connectivity index (χ4v) is 1.67. The van der Waals surface area contributed by atoms with Crippen molar-refractivity contribution in [3.8, 4) is 5.75 Å². The summed E-state index contributed by atoms with van der Waals surface area (Å²) in [4.78, 5) is 10.2. The van der Waals surface area contributed by atoms with Crippen LogP contribution in [0.15, 0.2) is 18.2 Å². The van der Waals surface area contributed by atoms with Crippen LogP contribution >= 0.6 is 0 Å². The van der Waals surface area contributed by atoms with E-state index in [-0.39, 0.29) is 17.0 Å². The van der Waals surface area contributed by atoms with Crippen LogP contribution in [-0.2, 0) is 0 Å². The number of hydrogen-bond donors (Lipinski definition) is 3. The largest absolute Gasteiger partial charge is 0.496 e. The molecule has 0 spiro atoms. The van der Waals surface area contributed by atoms with Gasteiger partial charge in [-0.2, -0.15) is 0 Å². The summed E-state index contributed by atoms with van der Waals surface area (Å²) in [6, 6.07) is 3.96. The Kier molecular flexibility index (Phi) is 5.68. The summed E-state index contributed by atoms with van der Waals surface area (Å²) in [5.41, 5.74) is 0.0730. The van der Waals surface area contributed by atoms with Crippen molar-refractivity contribution in [2.45, 2.75) is 18.6 Å². The molecule has 19 heavy (non-hydrogen) atoms. The van der Waals surface area contributed by atoms with Gasteiger partial charge < -0.3 is 20.3 Å². The molecule has 0 aliphatic rings. The molecule has 0 saturated heterocycles. The van der Waals surface area contributed by atoms with Gasteiger partial charge in [-0.25, -0.2) is 0 Å². The molecule has 2 unspecified atom stereocenters. The zero-order chi connectivity index (χ0) is 14.4. The summed E-state index contributed by atoms with van der Waals surface area (Å²) >= 11 is 0. The summed E-state index contributed by atoms with van der Waals surface area (Å²) in [5, 5.41) is 33.4. The van der Waals surface area contributed by atoms with E-state index in [1.54, 1.807) is 7.05 Å². The Bertz CT molecular complexity index is 438. The molecule has 0 radical (unpaired) electrons. The van der Waals surface area contributed by atoms with Crippen molar-refractivity contribution in [1.29, 1.82) is 0 Å². The summed E-state index contributed by atoms with van der Waals surface area (Å²) < 4.78 is 4.95. The minimum atomic E-state index is -1.19. The third kappa shape index (κ3) is 4.16.